The SMILES string of the molecule is CCCc1c(N)nnn1Cc1ccno1. The Morgan fingerprint density at radius 1 is 1.53 bits per heavy atom. The zero-order valence-corrected chi connectivity index (χ0v) is 8.55. The maximum atomic E-state index is 5.72. The molecule has 0 bridgehead atoms. The van der Waals surface area contributed by atoms with Crippen molar-refractivity contribution in [2.24, 2.45) is 0 Å². The summed E-state index contributed by atoms with van der Waals surface area (Å²) in [4.78, 5) is 0. The summed E-state index contributed by atoms with van der Waals surface area (Å²) in [5, 5.41) is 11.4. The Bertz CT molecular complexity index is 420. The molecule has 0 saturated carbocycles. The third-order valence-electron chi connectivity index (χ3n) is 2.15. The van der Waals surface area contributed by atoms with Gasteiger partial charge in [0.15, 0.2) is 11.6 Å². The average molecular weight is 207 g/mol. The van der Waals surface area contributed by atoms with Gasteiger partial charge in [-0.2, -0.15) is 0 Å². The minimum Gasteiger partial charge on any atom is -0.381 e. The van der Waals surface area contributed by atoms with Crippen molar-refractivity contribution in [3.63, 3.8) is 0 Å². The zero-order chi connectivity index (χ0) is 10.7. The van der Waals surface area contributed by atoms with Gasteiger partial charge in [-0.1, -0.05) is 23.7 Å². The second-order valence-corrected chi connectivity index (χ2v) is 3.31. The molecule has 0 fully saturated rings. The second-order valence-electron chi connectivity index (χ2n) is 3.31. The van der Waals surface area contributed by atoms with Gasteiger partial charge in [-0.15, -0.1) is 5.10 Å². The van der Waals surface area contributed by atoms with Crippen LogP contribution in [-0.2, 0) is 13.0 Å². The summed E-state index contributed by atoms with van der Waals surface area (Å²) in [5.74, 6) is 1.24. The van der Waals surface area contributed by atoms with E-state index in [4.69, 9.17) is 10.3 Å². The van der Waals surface area contributed by atoms with Crippen LogP contribution in [0.5, 0.6) is 0 Å². The molecule has 0 aliphatic rings. The highest BCUT2D eigenvalue weighted by Crippen LogP contribution is 2.11. The molecule has 0 aliphatic heterocycles. The van der Waals surface area contributed by atoms with Crippen LogP contribution in [0.15, 0.2) is 16.8 Å². The first-order valence-corrected chi connectivity index (χ1v) is 4.88. The highest BCUT2D eigenvalue weighted by atomic mass is 16.5. The molecule has 6 heteroatoms. The molecule has 2 heterocycles. The summed E-state index contributed by atoms with van der Waals surface area (Å²) in [6.45, 7) is 2.62. The second kappa shape index (κ2) is 4.12. The number of nitrogens with two attached hydrogens (primary N) is 1. The van der Waals surface area contributed by atoms with Crippen molar-refractivity contribution in [3.8, 4) is 0 Å². The Balaban J connectivity index is 2.21. The highest BCUT2D eigenvalue weighted by molar-refractivity contribution is 5.33. The van der Waals surface area contributed by atoms with Gasteiger partial charge in [0.25, 0.3) is 0 Å². The van der Waals surface area contributed by atoms with Crippen molar-refractivity contribution in [3.05, 3.63) is 23.7 Å². The van der Waals surface area contributed by atoms with Crippen LogP contribution in [0.4, 0.5) is 5.82 Å². The first-order chi connectivity index (χ1) is 7.31. The normalized spacial score (nSPS) is 10.7. The van der Waals surface area contributed by atoms with Crippen molar-refractivity contribution in [1.29, 1.82) is 0 Å². The lowest BCUT2D eigenvalue weighted by Crippen LogP contribution is -2.06. The number of hydrogen-bond acceptors (Lipinski definition) is 5. The maximum absolute atomic E-state index is 5.72. The van der Waals surface area contributed by atoms with Crippen molar-refractivity contribution in [2.75, 3.05) is 5.73 Å². The number of nitrogens with zero attached hydrogens (tertiary/aromatic N) is 4. The van der Waals surface area contributed by atoms with Gasteiger partial charge < -0.3 is 10.3 Å². The minimum absolute atomic E-state index is 0.497. The van der Waals surface area contributed by atoms with Crippen LogP contribution in [0, 0.1) is 0 Å². The molecule has 0 unspecified atom stereocenters. The van der Waals surface area contributed by atoms with Gasteiger partial charge in [-0.3, -0.25) is 0 Å². The van der Waals surface area contributed by atoms with Gasteiger partial charge in [-0.25, -0.2) is 4.68 Å². The fraction of sp³-hybridized carbons (Fsp3) is 0.444. The molecule has 0 saturated heterocycles. The van der Waals surface area contributed by atoms with Gasteiger partial charge in [0, 0.05) is 6.07 Å². The summed E-state index contributed by atoms with van der Waals surface area (Å²) in [6.07, 6.45) is 3.48. The number of aromatic nitrogens is 4. The highest BCUT2D eigenvalue weighted by Gasteiger charge is 2.10. The lowest BCUT2D eigenvalue weighted by molar-refractivity contribution is 0.368. The molecule has 2 N–H and O–H groups in total. The molecule has 0 atom stereocenters. The third kappa shape index (κ3) is 1.98. The van der Waals surface area contributed by atoms with E-state index in [1.807, 2.05) is 0 Å². The standard InChI is InChI=1S/C9H13N5O/c1-2-3-8-9(10)12-13-14(8)6-7-4-5-11-15-7/h4-5H,2-3,6,10H2,1H3. The Labute approximate surface area is 87.0 Å². The number of rotatable bonds is 4. The van der Waals surface area contributed by atoms with Crippen LogP contribution in [0.3, 0.4) is 0 Å². The Kier molecular flexibility index (Phi) is 2.66. The van der Waals surface area contributed by atoms with E-state index in [-0.39, 0.29) is 0 Å². The molecule has 6 nitrogen and oxygen atoms in total. The maximum Gasteiger partial charge on any atom is 0.169 e. The predicted molar refractivity (Wildman–Crippen MR) is 54.0 cm³/mol. The van der Waals surface area contributed by atoms with E-state index in [0.717, 1.165) is 24.3 Å². The van der Waals surface area contributed by atoms with Crippen LogP contribution >= 0.6 is 0 Å². The third-order valence-corrected chi connectivity index (χ3v) is 2.15. The largest absolute Gasteiger partial charge is 0.381 e. The van der Waals surface area contributed by atoms with Crippen LogP contribution < -0.4 is 5.73 Å². The van der Waals surface area contributed by atoms with Gasteiger partial charge >= 0.3 is 0 Å². The fourth-order valence-electron chi connectivity index (χ4n) is 1.44. The van der Waals surface area contributed by atoms with E-state index in [1.54, 1.807) is 16.9 Å². The monoisotopic (exact) mass is 207 g/mol. The predicted octanol–water partition coefficient (Wildman–Crippen LogP) is 0.849. The molecule has 15 heavy (non-hydrogen) atoms. The van der Waals surface area contributed by atoms with E-state index < -0.39 is 0 Å². The van der Waals surface area contributed by atoms with Crippen molar-refractivity contribution >= 4 is 5.82 Å². The van der Waals surface area contributed by atoms with Crippen LogP contribution in [0.25, 0.3) is 0 Å². The quantitative estimate of drug-likeness (QED) is 0.803. The lowest BCUT2D eigenvalue weighted by atomic mass is 10.2. The molecule has 0 aromatic carbocycles. The van der Waals surface area contributed by atoms with E-state index in [1.165, 1.54) is 0 Å². The van der Waals surface area contributed by atoms with E-state index >= 15 is 0 Å². The minimum atomic E-state index is 0.497. The summed E-state index contributed by atoms with van der Waals surface area (Å²) >= 11 is 0. The smallest absolute Gasteiger partial charge is 0.169 e. The molecule has 0 amide bonds. The van der Waals surface area contributed by atoms with Crippen molar-refractivity contribution < 1.29 is 4.52 Å². The Hall–Kier alpha value is -1.85. The van der Waals surface area contributed by atoms with E-state index in [0.29, 0.717) is 12.4 Å². The van der Waals surface area contributed by atoms with Gasteiger partial charge in [0.2, 0.25) is 0 Å². The molecule has 0 radical (unpaired) electrons. The first-order valence-electron chi connectivity index (χ1n) is 4.88. The van der Waals surface area contributed by atoms with Crippen LogP contribution in [-0.4, -0.2) is 20.2 Å². The Morgan fingerprint density at radius 2 is 2.40 bits per heavy atom. The number of hydrogen-bond donors (Lipinski definition) is 1. The number of anilines is 1. The molecule has 80 valence electrons. The van der Waals surface area contributed by atoms with Crippen molar-refractivity contribution in [2.45, 2.75) is 26.3 Å². The topological polar surface area (TPSA) is 82.8 Å². The summed E-state index contributed by atoms with van der Waals surface area (Å²) in [7, 11) is 0. The van der Waals surface area contributed by atoms with Gasteiger partial charge in [0.05, 0.1) is 11.9 Å². The Morgan fingerprint density at radius 3 is 3.07 bits per heavy atom. The first kappa shape index (κ1) is 9.70. The molecule has 2 aromatic rings. The number of nitrogen functional groups attached to an aromatic ring is 1. The summed E-state index contributed by atoms with van der Waals surface area (Å²) < 4.78 is 6.75. The van der Waals surface area contributed by atoms with Crippen LogP contribution in [0.2, 0.25) is 0 Å². The molecule has 2 rings (SSSR count). The molecule has 0 aliphatic carbocycles. The van der Waals surface area contributed by atoms with Gasteiger partial charge in [0.1, 0.15) is 6.54 Å². The summed E-state index contributed by atoms with van der Waals surface area (Å²) in [6, 6.07) is 1.80. The molecular weight excluding hydrogens is 194 g/mol. The van der Waals surface area contributed by atoms with E-state index in [2.05, 4.69) is 22.4 Å². The summed E-state index contributed by atoms with van der Waals surface area (Å²) in [5.41, 5.74) is 6.67. The van der Waals surface area contributed by atoms with Gasteiger partial charge in [-0.05, 0) is 6.42 Å². The lowest BCUT2D eigenvalue weighted by Gasteiger charge is -2.02. The molecule has 0 spiro atoms. The molecule has 2 aromatic heterocycles. The zero-order valence-electron chi connectivity index (χ0n) is 8.55. The van der Waals surface area contributed by atoms with E-state index in [9.17, 15) is 0 Å². The van der Waals surface area contributed by atoms with Crippen molar-refractivity contribution in [1.82, 2.24) is 20.2 Å². The molecular formula is C9H13N5O. The van der Waals surface area contributed by atoms with Crippen LogP contribution in [0.1, 0.15) is 24.8 Å². The fourth-order valence-corrected chi connectivity index (χ4v) is 1.44. The average Bonchev–Trinajstić information content (AvgIpc) is 2.83.